The van der Waals surface area contributed by atoms with E-state index in [-0.39, 0.29) is 5.76 Å². The summed E-state index contributed by atoms with van der Waals surface area (Å²) in [7, 11) is 0. The van der Waals surface area contributed by atoms with Crippen LogP contribution in [0, 0.1) is 6.92 Å². The van der Waals surface area contributed by atoms with Gasteiger partial charge in [0.25, 0.3) is 0 Å². The van der Waals surface area contributed by atoms with Crippen LogP contribution in [0.5, 0.6) is 5.75 Å². The van der Waals surface area contributed by atoms with Gasteiger partial charge in [-0.1, -0.05) is 29.8 Å². The number of hydrogen-bond donors (Lipinski definition) is 1. The lowest BCUT2D eigenvalue weighted by Crippen LogP contribution is -2.16. The number of hydrogen-bond acceptors (Lipinski definition) is 4. The molecule has 1 aromatic heterocycles. The van der Waals surface area contributed by atoms with Crippen molar-refractivity contribution in [2.45, 2.75) is 13.5 Å². The van der Waals surface area contributed by atoms with E-state index in [1.165, 1.54) is 6.21 Å². The summed E-state index contributed by atoms with van der Waals surface area (Å²) < 4.78 is 12.6. The molecule has 0 saturated carbocycles. The van der Waals surface area contributed by atoms with Crippen molar-refractivity contribution in [2.24, 2.45) is 5.10 Å². The van der Waals surface area contributed by atoms with E-state index < -0.39 is 5.91 Å². The third-order valence-corrected chi connectivity index (χ3v) is 5.24. The Labute approximate surface area is 184 Å². The van der Waals surface area contributed by atoms with E-state index in [4.69, 9.17) is 20.8 Å². The van der Waals surface area contributed by atoms with Crippen molar-refractivity contribution in [3.8, 4) is 5.75 Å². The molecule has 0 fully saturated rings. The molecule has 0 radical (unpaired) electrons. The van der Waals surface area contributed by atoms with E-state index in [1.807, 2.05) is 36.4 Å². The molecule has 0 aliphatic heterocycles. The molecule has 0 aliphatic rings. The quantitative estimate of drug-likeness (QED) is 0.311. The molecule has 2 aromatic carbocycles. The Morgan fingerprint density at radius 2 is 1.93 bits per heavy atom. The Morgan fingerprint density at radius 1 is 1.21 bits per heavy atom. The second-order valence-electron chi connectivity index (χ2n) is 5.80. The van der Waals surface area contributed by atoms with Crippen molar-refractivity contribution in [3.05, 3.63) is 85.1 Å². The summed E-state index contributed by atoms with van der Waals surface area (Å²) >= 11 is 13.2. The van der Waals surface area contributed by atoms with Crippen LogP contribution in [0.2, 0.25) is 5.02 Å². The molecule has 0 saturated heterocycles. The van der Waals surface area contributed by atoms with Gasteiger partial charge >= 0.3 is 5.91 Å². The van der Waals surface area contributed by atoms with Crippen molar-refractivity contribution in [1.29, 1.82) is 0 Å². The number of halogens is 3. The number of hydrazone groups is 1. The van der Waals surface area contributed by atoms with Crippen LogP contribution in [0.3, 0.4) is 0 Å². The number of nitrogens with one attached hydrogen (secondary N) is 1. The fraction of sp³-hybridized carbons (Fsp3) is 0.100. The Hall–Kier alpha value is -2.09. The SMILES string of the molecule is Cc1ccc(C(=O)N/N=C\c2cc(Br)c(OCc3ccccc3Cl)c(Br)c2)o1. The lowest BCUT2D eigenvalue weighted by molar-refractivity contribution is 0.0926. The lowest BCUT2D eigenvalue weighted by Gasteiger charge is -2.12. The smallest absolute Gasteiger partial charge is 0.307 e. The number of benzene rings is 2. The van der Waals surface area contributed by atoms with E-state index in [0.717, 1.165) is 20.1 Å². The third-order valence-electron chi connectivity index (χ3n) is 3.69. The number of carbonyl (C=O) groups excluding carboxylic acids is 1. The summed E-state index contributed by atoms with van der Waals surface area (Å²) in [5.74, 6) is 1.10. The van der Waals surface area contributed by atoms with Crippen molar-refractivity contribution in [1.82, 2.24) is 5.43 Å². The zero-order valence-corrected chi connectivity index (χ0v) is 18.6. The number of furan rings is 1. The van der Waals surface area contributed by atoms with Crippen molar-refractivity contribution in [2.75, 3.05) is 0 Å². The van der Waals surface area contributed by atoms with Crippen LogP contribution >= 0.6 is 43.5 Å². The van der Waals surface area contributed by atoms with Gasteiger partial charge in [-0.15, -0.1) is 0 Å². The van der Waals surface area contributed by atoms with Gasteiger partial charge in [-0.25, -0.2) is 5.43 Å². The summed E-state index contributed by atoms with van der Waals surface area (Å²) in [5.41, 5.74) is 4.08. The molecule has 28 heavy (non-hydrogen) atoms. The van der Waals surface area contributed by atoms with Crippen LogP contribution in [-0.2, 0) is 6.61 Å². The van der Waals surface area contributed by atoms with Gasteiger partial charge in [-0.05, 0) is 74.7 Å². The minimum Gasteiger partial charge on any atom is -0.486 e. The maximum absolute atomic E-state index is 11.9. The molecule has 3 aromatic rings. The zero-order chi connectivity index (χ0) is 20.1. The molecule has 0 bridgehead atoms. The molecule has 0 aliphatic carbocycles. The molecular formula is C20H15Br2ClN2O3. The molecule has 1 amide bonds. The van der Waals surface area contributed by atoms with E-state index >= 15 is 0 Å². The van der Waals surface area contributed by atoms with Gasteiger partial charge in [0.05, 0.1) is 15.2 Å². The summed E-state index contributed by atoms with van der Waals surface area (Å²) in [5, 5.41) is 4.61. The second-order valence-corrected chi connectivity index (χ2v) is 7.92. The normalized spacial score (nSPS) is 11.0. The number of rotatable bonds is 6. The maximum atomic E-state index is 11.9. The van der Waals surface area contributed by atoms with Crippen LogP contribution in [0.25, 0.3) is 0 Å². The first-order valence-electron chi connectivity index (χ1n) is 8.19. The number of amides is 1. The first-order chi connectivity index (χ1) is 13.4. The average molecular weight is 527 g/mol. The largest absolute Gasteiger partial charge is 0.486 e. The highest BCUT2D eigenvalue weighted by atomic mass is 79.9. The van der Waals surface area contributed by atoms with E-state index in [2.05, 4.69) is 42.4 Å². The van der Waals surface area contributed by atoms with Crippen LogP contribution in [0.15, 0.2) is 67.0 Å². The van der Waals surface area contributed by atoms with Gasteiger partial charge in [-0.3, -0.25) is 4.79 Å². The molecule has 8 heteroatoms. The molecule has 144 valence electrons. The molecule has 1 heterocycles. The van der Waals surface area contributed by atoms with Crippen LogP contribution in [-0.4, -0.2) is 12.1 Å². The number of nitrogens with zero attached hydrogens (tertiary/aromatic N) is 1. The predicted molar refractivity (Wildman–Crippen MR) is 116 cm³/mol. The summed E-state index contributed by atoms with van der Waals surface area (Å²) in [6.07, 6.45) is 1.53. The highest BCUT2D eigenvalue weighted by Crippen LogP contribution is 2.35. The summed E-state index contributed by atoms with van der Waals surface area (Å²) in [6.45, 7) is 2.10. The summed E-state index contributed by atoms with van der Waals surface area (Å²) in [4.78, 5) is 11.9. The number of carbonyl (C=O) groups is 1. The molecule has 0 atom stereocenters. The molecular weight excluding hydrogens is 511 g/mol. The lowest BCUT2D eigenvalue weighted by atomic mass is 10.2. The highest BCUT2D eigenvalue weighted by Gasteiger charge is 2.11. The Morgan fingerprint density at radius 3 is 2.57 bits per heavy atom. The molecule has 0 unspecified atom stereocenters. The minimum atomic E-state index is -0.415. The Kier molecular flexibility index (Phi) is 6.93. The van der Waals surface area contributed by atoms with Gasteiger partial charge in [0, 0.05) is 10.6 Å². The Bertz CT molecular complexity index is 1010. The van der Waals surface area contributed by atoms with Crippen molar-refractivity contribution in [3.63, 3.8) is 0 Å². The maximum Gasteiger partial charge on any atom is 0.307 e. The van der Waals surface area contributed by atoms with Crippen molar-refractivity contribution < 1.29 is 13.9 Å². The zero-order valence-electron chi connectivity index (χ0n) is 14.7. The highest BCUT2D eigenvalue weighted by molar-refractivity contribution is 9.11. The Balaban J connectivity index is 1.66. The number of ether oxygens (including phenoxy) is 1. The summed E-state index contributed by atoms with van der Waals surface area (Å²) in [6, 6.07) is 14.5. The second kappa shape index (κ2) is 9.41. The first kappa shape index (κ1) is 20.6. The van der Waals surface area contributed by atoms with Gasteiger partial charge in [0.2, 0.25) is 0 Å². The number of aryl methyl sites for hydroxylation is 1. The van der Waals surface area contributed by atoms with Crippen LogP contribution in [0.1, 0.15) is 27.4 Å². The van der Waals surface area contributed by atoms with Gasteiger partial charge in [-0.2, -0.15) is 5.10 Å². The minimum absolute atomic E-state index is 0.209. The van der Waals surface area contributed by atoms with Gasteiger partial charge in [0.15, 0.2) is 5.76 Å². The monoisotopic (exact) mass is 524 g/mol. The standard InChI is InChI=1S/C20H15Br2ClN2O3/c1-12-6-7-18(28-12)20(26)25-24-10-13-8-15(21)19(16(22)9-13)27-11-14-4-2-3-5-17(14)23/h2-10H,11H2,1H3,(H,25,26)/b24-10-. The fourth-order valence-corrected chi connectivity index (χ4v) is 3.98. The van der Waals surface area contributed by atoms with Crippen LogP contribution in [0.4, 0.5) is 0 Å². The van der Waals surface area contributed by atoms with Crippen molar-refractivity contribution >= 4 is 55.6 Å². The molecule has 0 spiro atoms. The molecule has 5 nitrogen and oxygen atoms in total. The molecule has 3 rings (SSSR count). The molecule has 1 N–H and O–H groups in total. The van der Waals surface area contributed by atoms with E-state index in [1.54, 1.807) is 19.1 Å². The topological polar surface area (TPSA) is 63.8 Å². The average Bonchev–Trinajstić information content (AvgIpc) is 3.09. The van der Waals surface area contributed by atoms with Gasteiger partial charge in [0.1, 0.15) is 18.1 Å². The predicted octanol–water partition coefficient (Wildman–Crippen LogP) is 6.11. The van der Waals surface area contributed by atoms with E-state index in [0.29, 0.717) is 23.1 Å². The first-order valence-corrected chi connectivity index (χ1v) is 10.2. The third kappa shape index (κ3) is 5.25. The fourth-order valence-electron chi connectivity index (χ4n) is 2.33. The van der Waals surface area contributed by atoms with Gasteiger partial charge < -0.3 is 9.15 Å². The van der Waals surface area contributed by atoms with E-state index in [9.17, 15) is 4.79 Å². The van der Waals surface area contributed by atoms with Crippen LogP contribution < -0.4 is 10.2 Å².